The van der Waals surface area contributed by atoms with E-state index in [4.69, 9.17) is 0 Å². The van der Waals surface area contributed by atoms with E-state index in [1.54, 1.807) is 11.8 Å². The van der Waals surface area contributed by atoms with E-state index in [-0.39, 0.29) is 5.91 Å². The minimum Gasteiger partial charge on any atom is -0.356 e. The average molecular weight is 252 g/mol. The first-order valence-corrected chi connectivity index (χ1v) is 6.88. The van der Waals surface area contributed by atoms with E-state index in [9.17, 15) is 4.79 Å². The van der Waals surface area contributed by atoms with Crippen LogP contribution in [0.3, 0.4) is 0 Å². The molecule has 0 radical (unpaired) electrons. The van der Waals surface area contributed by atoms with Crippen LogP contribution in [-0.4, -0.2) is 25.3 Å². The van der Waals surface area contributed by atoms with Crippen molar-refractivity contribution < 1.29 is 4.79 Å². The molecule has 0 fully saturated rings. The van der Waals surface area contributed by atoms with Gasteiger partial charge in [0.25, 0.3) is 0 Å². The van der Waals surface area contributed by atoms with Gasteiger partial charge in [-0.15, -0.1) is 11.8 Å². The maximum absolute atomic E-state index is 11.2. The molecule has 0 heterocycles. The summed E-state index contributed by atoms with van der Waals surface area (Å²) in [4.78, 5) is 12.5. The maximum atomic E-state index is 11.2. The van der Waals surface area contributed by atoms with Gasteiger partial charge in [-0.25, -0.2) is 0 Å². The number of carbonyl (C=O) groups excluding carboxylic acids is 1. The molecule has 0 aliphatic rings. The topological polar surface area (TPSA) is 41.1 Å². The Labute approximate surface area is 107 Å². The van der Waals surface area contributed by atoms with Crippen LogP contribution < -0.4 is 10.6 Å². The van der Waals surface area contributed by atoms with Crippen LogP contribution in [0.5, 0.6) is 0 Å². The van der Waals surface area contributed by atoms with E-state index in [1.165, 1.54) is 10.5 Å². The number of thioether (sulfide) groups is 1. The molecule has 0 saturated heterocycles. The van der Waals surface area contributed by atoms with Crippen LogP contribution in [-0.2, 0) is 11.3 Å². The highest BCUT2D eigenvalue weighted by Crippen LogP contribution is 2.19. The van der Waals surface area contributed by atoms with Crippen molar-refractivity contribution in [2.45, 2.75) is 24.8 Å². The van der Waals surface area contributed by atoms with Gasteiger partial charge in [-0.05, 0) is 31.7 Å². The van der Waals surface area contributed by atoms with Crippen LogP contribution in [0.4, 0.5) is 0 Å². The molecule has 0 aliphatic carbocycles. The molecule has 4 heteroatoms. The van der Waals surface area contributed by atoms with Crippen molar-refractivity contribution in [3.8, 4) is 0 Å². The molecule has 0 saturated carbocycles. The largest absolute Gasteiger partial charge is 0.356 e. The Morgan fingerprint density at radius 1 is 1.29 bits per heavy atom. The van der Waals surface area contributed by atoms with E-state index in [2.05, 4.69) is 34.9 Å². The first kappa shape index (κ1) is 14.1. The van der Waals surface area contributed by atoms with Crippen LogP contribution >= 0.6 is 11.8 Å². The normalized spacial score (nSPS) is 10.2. The lowest BCUT2D eigenvalue weighted by Crippen LogP contribution is -2.22. The highest BCUT2D eigenvalue weighted by atomic mass is 32.2. The second-order valence-electron chi connectivity index (χ2n) is 3.73. The third kappa shape index (κ3) is 5.75. The number of rotatable bonds is 7. The standard InChI is InChI=1S/C13H20N2OS/c1-3-15-13(16)8-9-17-12-6-4-11(5-7-12)10-14-2/h4-7,14H,3,8-10H2,1-2H3,(H,15,16). The average Bonchev–Trinajstić information content (AvgIpc) is 2.32. The molecule has 0 bridgehead atoms. The van der Waals surface area contributed by atoms with Crippen LogP contribution in [0.25, 0.3) is 0 Å². The molecule has 17 heavy (non-hydrogen) atoms. The second kappa shape index (κ2) is 8.14. The van der Waals surface area contributed by atoms with Crippen molar-refractivity contribution in [2.75, 3.05) is 19.3 Å². The molecular weight excluding hydrogens is 232 g/mol. The lowest BCUT2D eigenvalue weighted by Gasteiger charge is -2.04. The summed E-state index contributed by atoms with van der Waals surface area (Å²) in [5, 5.41) is 5.91. The second-order valence-corrected chi connectivity index (χ2v) is 4.89. The van der Waals surface area contributed by atoms with E-state index in [0.29, 0.717) is 13.0 Å². The summed E-state index contributed by atoms with van der Waals surface area (Å²) in [6.07, 6.45) is 0.580. The Morgan fingerprint density at radius 2 is 2.00 bits per heavy atom. The third-order valence-corrected chi connectivity index (χ3v) is 3.29. The summed E-state index contributed by atoms with van der Waals surface area (Å²) in [5.41, 5.74) is 1.28. The quantitative estimate of drug-likeness (QED) is 0.730. The van der Waals surface area contributed by atoms with Gasteiger partial charge in [0.15, 0.2) is 0 Å². The number of hydrogen-bond donors (Lipinski definition) is 2. The summed E-state index contributed by atoms with van der Waals surface area (Å²) >= 11 is 1.72. The zero-order valence-electron chi connectivity index (χ0n) is 10.5. The van der Waals surface area contributed by atoms with Gasteiger partial charge in [-0.1, -0.05) is 12.1 Å². The minimum absolute atomic E-state index is 0.131. The van der Waals surface area contributed by atoms with E-state index >= 15 is 0 Å². The molecule has 1 aromatic carbocycles. The fraction of sp³-hybridized carbons (Fsp3) is 0.462. The summed E-state index contributed by atoms with van der Waals surface area (Å²) in [6, 6.07) is 8.44. The zero-order valence-corrected chi connectivity index (χ0v) is 11.3. The summed E-state index contributed by atoms with van der Waals surface area (Å²) in [7, 11) is 1.94. The van der Waals surface area contributed by atoms with Crippen LogP contribution in [0.15, 0.2) is 29.2 Å². The van der Waals surface area contributed by atoms with Crippen LogP contribution in [0, 0.1) is 0 Å². The van der Waals surface area contributed by atoms with Gasteiger partial charge in [0.2, 0.25) is 5.91 Å². The van der Waals surface area contributed by atoms with Gasteiger partial charge in [-0.2, -0.15) is 0 Å². The number of benzene rings is 1. The molecule has 3 nitrogen and oxygen atoms in total. The highest BCUT2D eigenvalue weighted by molar-refractivity contribution is 7.99. The fourth-order valence-electron chi connectivity index (χ4n) is 1.45. The minimum atomic E-state index is 0.131. The molecule has 0 aromatic heterocycles. The van der Waals surface area contributed by atoms with Crippen molar-refractivity contribution in [3.05, 3.63) is 29.8 Å². The molecular formula is C13H20N2OS. The smallest absolute Gasteiger partial charge is 0.220 e. The Bertz CT molecular complexity index is 338. The Morgan fingerprint density at radius 3 is 2.59 bits per heavy atom. The summed E-state index contributed by atoms with van der Waals surface area (Å²) < 4.78 is 0. The number of hydrogen-bond acceptors (Lipinski definition) is 3. The van der Waals surface area contributed by atoms with Gasteiger partial charge in [0, 0.05) is 30.2 Å². The van der Waals surface area contributed by atoms with Gasteiger partial charge < -0.3 is 10.6 Å². The lowest BCUT2D eigenvalue weighted by atomic mass is 10.2. The number of amides is 1. The Kier molecular flexibility index (Phi) is 6.74. The third-order valence-electron chi connectivity index (χ3n) is 2.28. The van der Waals surface area contributed by atoms with Crippen molar-refractivity contribution >= 4 is 17.7 Å². The summed E-state index contributed by atoms with van der Waals surface area (Å²) in [5.74, 6) is 0.962. The number of carbonyl (C=O) groups is 1. The Balaban J connectivity index is 2.29. The molecule has 1 aromatic rings. The van der Waals surface area contributed by atoms with E-state index < -0.39 is 0 Å². The van der Waals surface area contributed by atoms with Gasteiger partial charge in [0.05, 0.1) is 0 Å². The van der Waals surface area contributed by atoms with E-state index in [1.807, 2.05) is 14.0 Å². The van der Waals surface area contributed by atoms with Gasteiger partial charge in [0.1, 0.15) is 0 Å². The monoisotopic (exact) mass is 252 g/mol. The molecule has 0 atom stereocenters. The van der Waals surface area contributed by atoms with Crippen molar-refractivity contribution in [2.24, 2.45) is 0 Å². The fourth-order valence-corrected chi connectivity index (χ4v) is 2.31. The maximum Gasteiger partial charge on any atom is 0.220 e. The molecule has 0 spiro atoms. The predicted octanol–water partition coefficient (Wildman–Crippen LogP) is 2.02. The molecule has 0 aliphatic heterocycles. The van der Waals surface area contributed by atoms with Gasteiger partial charge in [-0.3, -0.25) is 4.79 Å². The van der Waals surface area contributed by atoms with Crippen LogP contribution in [0.2, 0.25) is 0 Å². The van der Waals surface area contributed by atoms with Gasteiger partial charge >= 0.3 is 0 Å². The zero-order chi connectivity index (χ0) is 12.5. The molecule has 0 unspecified atom stereocenters. The van der Waals surface area contributed by atoms with Crippen molar-refractivity contribution in [1.29, 1.82) is 0 Å². The molecule has 94 valence electrons. The summed E-state index contributed by atoms with van der Waals surface area (Å²) in [6.45, 7) is 3.54. The van der Waals surface area contributed by atoms with Crippen molar-refractivity contribution in [1.82, 2.24) is 10.6 Å². The molecule has 1 rings (SSSR count). The lowest BCUT2D eigenvalue weighted by molar-refractivity contribution is -0.120. The van der Waals surface area contributed by atoms with E-state index in [0.717, 1.165) is 12.3 Å². The predicted molar refractivity (Wildman–Crippen MR) is 73.2 cm³/mol. The van der Waals surface area contributed by atoms with Crippen LogP contribution in [0.1, 0.15) is 18.9 Å². The number of nitrogens with one attached hydrogen (secondary N) is 2. The Hall–Kier alpha value is -1.00. The molecule has 2 N–H and O–H groups in total. The molecule has 1 amide bonds. The first-order valence-electron chi connectivity index (χ1n) is 5.89. The highest BCUT2D eigenvalue weighted by Gasteiger charge is 2.00. The van der Waals surface area contributed by atoms with Crippen molar-refractivity contribution in [3.63, 3.8) is 0 Å². The SMILES string of the molecule is CCNC(=O)CCSc1ccc(CNC)cc1. The first-order chi connectivity index (χ1) is 8.26.